The molecular formula is C24H24ClNO6S. The summed E-state index contributed by atoms with van der Waals surface area (Å²) in [4.78, 5) is 4.84. The van der Waals surface area contributed by atoms with Crippen LogP contribution in [-0.2, 0) is 21.4 Å². The Labute approximate surface area is 198 Å². The quantitative estimate of drug-likeness (QED) is 0.211. The SMILES string of the molecule is CCO/N=C/c1ccc(CCOc2cc(OC)cc(OS(=O)(=O)c3ccccc3Cl)c2)cc1. The van der Waals surface area contributed by atoms with Crippen molar-refractivity contribution in [1.82, 2.24) is 0 Å². The van der Waals surface area contributed by atoms with Crippen molar-refractivity contribution in [2.24, 2.45) is 5.16 Å². The molecule has 0 N–H and O–H groups in total. The zero-order valence-electron chi connectivity index (χ0n) is 18.2. The third-order valence-corrected chi connectivity index (χ3v) is 6.19. The molecule has 0 radical (unpaired) electrons. The van der Waals surface area contributed by atoms with Gasteiger partial charge in [-0.2, -0.15) is 8.42 Å². The maximum atomic E-state index is 12.6. The third kappa shape index (κ3) is 7.13. The minimum Gasteiger partial charge on any atom is -0.496 e. The molecule has 0 heterocycles. The predicted molar refractivity (Wildman–Crippen MR) is 127 cm³/mol. The lowest BCUT2D eigenvalue weighted by Crippen LogP contribution is -2.10. The summed E-state index contributed by atoms with van der Waals surface area (Å²) in [5.41, 5.74) is 2.01. The van der Waals surface area contributed by atoms with Crippen LogP contribution in [0.15, 0.2) is 76.8 Å². The van der Waals surface area contributed by atoms with Crippen molar-refractivity contribution in [3.05, 3.63) is 82.9 Å². The molecule has 3 rings (SSSR count). The monoisotopic (exact) mass is 489 g/mol. The van der Waals surface area contributed by atoms with Crippen LogP contribution in [0.1, 0.15) is 18.1 Å². The predicted octanol–water partition coefficient (Wildman–Crippen LogP) is 5.11. The summed E-state index contributed by atoms with van der Waals surface area (Å²) < 4.78 is 41.6. The smallest absolute Gasteiger partial charge is 0.340 e. The molecule has 0 spiro atoms. The lowest BCUT2D eigenvalue weighted by Gasteiger charge is -2.12. The van der Waals surface area contributed by atoms with Gasteiger partial charge in [0.2, 0.25) is 0 Å². The second kappa shape index (κ2) is 11.6. The van der Waals surface area contributed by atoms with Crippen molar-refractivity contribution in [3.63, 3.8) is 0 Å². The van der Waals surface area contributed by atoms with Gasteiger partial charge in [0, 0.05) is 24.6 Å². The van der Waals surface area contributed by atoms with Crippen LogP contribution in [0.3, 0.4) is 0 Å². The van der Waals surface area contributed by atoms with Crippen LogP contribution in [-0.4, -0.2) is 35.0 Å². The van der Waals surface area contributed by atoms with Gasteiger partial charge in [-0.3, -0.25) is 0 Å². The van der Waals surface area contributed by atoms with Gasteiger partial charge in [-0.1, -0.05) is 53.2 Å². The van der Waals surface area contributed by atoms with Crippen LogP contribution < -0.4 is 13.7 Å². The van der Waals surface area contributed by atoms with E-state index in [0.717, 1.165) is 11.1 Å². The third-order valence-electron chi connectivity index (χ3n) is 4.45. The lowest BCUT2D eigenvalue weighted by atomic mass is 10.1. The Bertz CT molecular complexity index is 1200. The van der Waals surface area contributed by atoms with Gasteiger partial charge in [0.1, 0.15) is 28.8 Å². The number of halogens is 1. The largest absolute Gasteiger partial charge is 0.496 e. The van der Waals surface area contributed by atoms with Gasteiger partial charge in [0.05, 0.1) is 25.0 Å². The first-order chi connectivity index (χ1) is 15.9. The van der Waals surface area contributed by atoms with E-state index in [1.165, 1.54) is 31.4 Å². The highest BCUT2D eigenvalue weighted by Crippen LogP contribution is 2.31. The molecule has 0 aliphatic rings. The Kier molecular flexibility index (Phi) is 8.57. The zero-order valence-corrected chi connectivity index (χ0v) is 19.8. The molecule has 174 valence electrons. The van der Waals surface area contributed by atoms with E-state index in [1.54, 1.807) is 24.4 Å². The molecule has 0 aliphatic carbocycles. The van der Waals surface area contributed by atoms with Crippen molar-refractivity contribution in [2.45, 2.75) is 18.2 Å². The summed E-state index contributed by atoms with van der Waals surface area (Å²) in [5.74, 6) is 0.871. The van der Waals surface area contributed by atoms with Crippen molar-refractivity contribution in [2.75, 3.05) is 20.3 Å². The first-order valence-electron chi connectivity index (χ1n) is 10.2. The van der Waals surface area contributed by atoms with Crippen LogP contribution in [0.4, 0.5) is 0 Å². The first-order valence-corrected chi connectivity index (χ1v) is 11.9. The van der Waals surface area contributed by atoms with Crippen LogP contribution in [0, 0.1) is 0 Å². The van der Waals surface area contributed by atoms with E-state index in [2.05, 4.69) is 5.16 Å². The topological polar surface area (TPSA) is 83.4 Å². The molecule has 0 bridgehead atoms. The van der Waals surface area contributed by atoms with E-state index in [-0.39, 0.29) is 15.7 Å². The highest BCUT2D eigenvalue weighted by atomic mass is 35.5. The van der Waals surface area contributed by atoms with Gasteiger partial charge < -0.3 is 18.5 Å². The lowest BCUT2D eigenvalue weighted by molar-refractivity contribution is 0.160. The van der Waals surface area contributed by atoms with Crippen LogP contribution in [0.25, 0.3) is 0 Å². The van der Waals surface area contributed by atoms with Crippen LogP contribution in [0.2, 0.25) is 5.02 Å². The molecule has 3 aromatic carbocycles. The number of hydrogen-bond acceptors (Lipinski definition) is 7. The van der Waals surface area contributed by atoms with Crippen molar-refractivity contribution < 1.29 is 26.9 Å². The molecule has 33 heavy (non-hydrogen) atoms. The Balaban J connectivity index is 1.66. The van der Waals surface area contributed by atoms with E-state index in [9.17, 15) is 8.42 Å². The number of hydrogen-bond donors (Lipinski definition) is 0. The second-order valence-electron chi connectivity index (χ2n) is 6.80. The highest BCUT2D eigenvalue weighted by Gasteiger charge is 2.20. The van der Waals surface area contributed by atoms with E-state index in [1.807, 2.05) is 31.2 Å². The van der Waals surface area contributed by atoms with Gasteiger partial charge in [-0.15, -0.1) is 0 Å². The molecule has 0 fully saturated rings. The van der Waals surface area contributed by atoms with Crippen LogP contribution in [0.5, 0.6) is 17.2 Å². The van der Waals surface area contributed by atoms with E-state index in [0.29, 0.717) is 31.1 Å². The molecule has 0 unspecified atom stereocenters. The summed E-state index contributed by atoms with van der Waals surface area (Å²) in [6.07, 6.45) is 2.30. The number of oxime groups is 1. The summed E-state index contributed by atoms with van der Waals surface area (Å²) in [6.45, 7) is 2.76. The number of benzene rings is 3. The molecule has 7 nitrogen and oxygen atoms in total. The Morgan fingerprint density at radius 1 is 0.970 bits per heavy atom. The normalized spacial score (nSPS) is 11.4. The Morgan fingerprint density at radius 2 is 1.67 bits per heavy atom. The number of ether oxygens (including phenoxy) is 2. The number of methoxy groups -OCH3 is 1. The van der Waals surface area contributed by atoms with Crippen molar-refractivity contribution in [3.8, 4) is 17.2 Å². The van der Waals surface area contributed by atoms with Gasteiger partial charge >= 0.3 is 10.1 Å². The molecule has 0 amide bonds. The molecule has 3 aromatic rings. The first kappa shape index (κ1) is 24.4. The maximum Gasteiger partial charge on any atom is 0.340 e. The average molecular weight is 490 g/mol. The Hall–Kier alpha value is -3.23. The molecule has 0 saturated carbocycles. The fraction of sp³-hybridized carbons (Fsp3) is 0.208. The summed E-state index contributed by atoms with van der Waals surface area (Å²) >= 11 is 6.01. The highest BCUT2D eigenvalue weighted by molar-refractivity contribution is 7.87. The minimum absolute atomic E-state index is 0.0576. The van der Waals surface area contributed by atoms with Gasteiger partial charge in [0.15, 0.2) is 0 Å². The van der Waals surface area contributed by atoms with Gasteiger partial charge in [0.25, 0.3) is 0 Å². The summed E-state index contributed by atoms with van der Waals surface area (Å²) in [6, 6.07) is 18.5. The number of rotatable bonds is 11. The fourth-order valence-corrected chi connectivity index (χ4v) is 4.25. The second-order valence-corrected chi connectivity index (χ2v) is 8.73. The molecular weight excluding hydrogens is 466 g/mol. The van der Waals surface area contributed by atoms with Gasteiger partial charge in [-0.25, -0.2) is 0 Å². The molecule has 0 aromatic heterocycles. The average Bonchev–Trinajstić information content (AvgIpc) is 2.80. The maximum absolute atomic E-state index is 12.6. The molecule has 0 atom stereocenters. The molecule has 0 aliphatic heterocycles. The molecule has 0 saturated heterocycles. The molecule has 9 heteroatoms. The number of nitrogens with zero attached hydrogens (tertiary/aromatic N) is 1. The fourth-order valence-electron chi connectivity index (χ4n) is 2.84. The Morgan fingerprint density at radius 3 is 2.36 bits per heavy atom. The van der Waals surface area contributed by atoms with E-state index < -0.39 is 10.1 Å². The van der Waals surface area contributed by atoms with Crippen LogP contribution >= 0.6 is 11.6 Å². The summed E-state index contributed by atoms with van der Waals surface area (Å²) in [7, 11) is -2.65. The minimum atomic E-state index is -4.12. The van der Waals surface area contributed by atoms with Crippen molar-refractivity contribution in [1.29, 1.82) is 0 Å². The zero-order chi connectivity index (χ0) is 23.7. The van der Waals surface area contributed by atoms with E-state index >= 15 is 0 Å². The van der Waals surface area contributed by atoms with Crippen molar-refractivity contribution >= 4 is 27.9 Å². The van der Waals surface area contributed by atoms with E-state index in [4.69, 9.17) is 30.1 Å². The summed E-state index contributed by atoms with van der Waals surface area (Å²) in [5, 5.41) is 3.92. The standard InChI is InChI=1S/C24H24ClNO6S/c1-3-31-26-17-19-10-8-18(9-11-19)12-13-30-21-14-20(29-2)15-22(16-21)32-33(27,28)24-7-5-4-6-23(24)25/h4-11,14-17H,3,12-13H2,1-2H3/b26-17+. The van der Waals surface area contributed by atoms with Gasteiger partial charge in [-0.05, 0) is 30.2 Å².